The molecule has 2 aromatic rings. The van der Waals surface area contributed by atoms with E-state index in [0.717, 1.165) is 11.2 Å². The summed E-state index contributed by atoms with van der Waals surface area (Å²) in [6, 6.07) is 4.92. The molecule has 0 spiro atoms. The molecule has 0 aliphatic heterocycles. The summed E-state index contributed by atoms with van der Waals surface area (Å²) < 4.78 is 1.03. The molecule has 0 atom stereocenters. The van der Waals surface area contributed by atoms with Gasteiger partial charge >= 0.3 is 0 Å². The van der Waals surface area contributed by atoms with Crippen LogP contribution in [0.25, 0.3) is 0 Å². The van der Waals surface area contributed by atoms with Crippen molar-refractivity contribution in [3.63, 3.8) is 0 Å². The number of rotatable bonds is 13. The highest BCUT2D eigenvalue weighted by atomic mass is 32.1. The van der Waals surface area contributed by atoms with Crippen molar-refractivity contribution in [1.82, 2.24) is 0 Å². The molecule has 0 aliphatic rings. The second kappa shape index (κ2) is 11.7. The first-order valence-corrected chi connectivity index (χ1v) is 13.5. The molecule has 0 bridgehead atoms. The zero-order chi connectivity index (χ0) is 21.4. The Morgan fingerprint density at radius 3 is 1.86 bits per heavy atom. The maximum atomic E-state index is 6.43. The third-order valence-corrected chi connectivity index (χ3v) is 9.17. The lowest BCUT2D eigenvalue weighted by molar-refractivity contribution is 0.656. The van der Waals surface area contributed by atoms with Gasteiger partial charge in [-0.05, 0) is 59.6 Å². The molecule has 2 rings (SSSR count). The quantitative estimate of drug-likeness (QED) is 0.222. The lowest BCUT2D eigenvalue weighted by atomic mass is 9.87. The standard InChI is InChI=1S/C26H41BS2/c1-7-9-11-13-15-20-17-22(28-24(20)19(3)4)26(5,6)23-18-21(25(27)29-23)16-14-12-10-8-2/h17-19H,7-16H2,1-6H3. The number of aryl methyl sites for hydroxylation is 2. The van der Waals surface area contributed by atoms with Crippen LogP contribution in [0.1, 0.15) is 125 Å². The van der Waals surface area contributed by atoms with Gasteiger partial charge in [0.25, 0.3) is 0 Å². The lowest BCUT2D eigenvalue weighted by Gasteiger charge is -2.22. The smallest absolute Gasteiger partial charge is 0.129 e. The molecule has 0 saturated heterocycles. The summed E-state index contributed by atoms with van der Waals surface area (Å²) in [6.07, 6.45) is 12.9. The largest absolute Gasteiger partial charge is 0.156 e. The van der Waals surface area contributed by atoms with Crippen LogP contribution in [0.15, 0.2) is 12.1 Å². The number of unbranched alkanes of at least 4 members (excludes halogenated alkanes) is 6. The van der Waals surface area contributed by atoms with Gasteiger partial charge in [-0.25, -0.2) is 0 Å². The molecule has 0 unspecified atom stereocenters. The first-order valence-electron chi connectivity index (χ1n) is 11.8. The van der Waals surface area contributed by atoms with Crippen LogP contribution >= 0.6 is 22.7 Å². The fraction of sp³-hybridized carbons (Fsp3) is 0.692. The van der Waals surface area contributed by atoms with Gasteiger partial charge in [0.15, 0.2) is 0 Å². The maximum Gasteiger partial charge on any atom is 0.129 e. The topological polar surface area (TPSA) is 0 Å². The molecule has 3 heteroatoms. The van der Waals surface area contributed by atoms with Gasteiger partial charge in [-0.2, -0.15) is 11.3 Å². The fourth-order valence-corrected chi connectivity index (χ4v) is 6.48. The van der Waals surface area contributed by atoms with E-state index in [1.807, 2.05) is 22.7 Å². The van der Waals surface area contributed by atoms with Crippen LogP contribution in [-0.2, 0) is 18.3 Å². The van der Waals surface area contributed by atoms with Crippen molar-refractivity contribution in [2.75, 3.05) is 0 Å². The van der Waals surface area contributed by atoms with Crippen molar-refractivity contribution < 1.29 is 0 Å². The highest BCUT2D eigenvalue weighted by Gasteiger charge is 2.29. The average molecular weight is 429 g/mol. The molecule has 2 heterocycles. The Bertz CT molecular complexity index is 736. The van der Waals surface area contributed by atoms with Gasteiger partial charge in [-0.1, -0.05) is 80.1 Å². The first-order chi connectivity index (χ1) is 13.8. The van der Waals surface area contributed by atoms with Crippen molar-refractivity contribution in [3.8, 4) is 0 Å². The van der Waals surface area contributed by atoms with Gasteiger partial charge in [0.1, 0.15) is 7.85 Å². The third-order valence-electron chi connectivity index (χ3n) is 6.04. The van der Waals surface area contributed by atoms with Crippen molar-refractivity contribution in [3.05, 3.63) is 37.9 Å². The van der Waals surface area contributed by atoms with Crippen LogP contribution < -0.4 is 4.78 Å². The Morgan fingerprint density at radius 1 is 0.793 bits per heavy atom. The summed E-state index contributed by atoms with van der Waals surface area (Å²) in [4.78, 5) is 4.52. The number of thiophene rings is 2. The van der Waals surface area contributed by atoms with Crippen molar-refractivity contribution in [1.29, 1.82) is 0 Å². The first kappa shape index (κ1) is 24.7. The second-order valence-electron chi connectivity index (χ2n) is 9.40. The lowest BCUT2D eigenvalue weighted by Crippen LogP contribution is -2.15. The van der Waals surface area contributed by atoms with E-state index in [1.165, 1.54) is 73.1 Å². The van der Waals surface area contributed by atoms with E-state index in [2.05, 4.69) is 53.7 Å². The Labute approximate surface area is 189 Å². The van der Waals surface area contributed by atoms with E-state index in [-0.39, 0.29) is 5.41 Å². The molecule has 0 fully saturated rings. The minimum atomic E-state index is 0.0381. The zero-order valence-electron chi connectivity index (χ0n) is 19.7. The zero-order valence-corrected chi connectivity index (χ0v) is 21.3. The predicted molar refractivity (Wildman–Crippen MR) is 136 cm³/mol. The van der Waals surface area contributed by atoms with Crippen LogP contribution in [0.2, 0.25) is 0 Å². The monoisotopic (exact) mass is 428 g/mol. The Morgan fingerprint density at radius 2 is 1.31 bits per heavy atom. The van der Waals surface area contributed by atoms with E-state index >= 15 is 0 Å². The van der Waals surface area contributed by atoms with Crippen molar-refractivity contribution in [2.24, 2.45) is 0 Å². The van der Waals surface area contributed by atoms with E-state index in [4.69, 9.17) is 7.85 Å². The summed E-state index contributed by atoms with van der Waals surface area (Å²) in [5.41, 5.74) is 3.00. The van der Waals surface area contributed by atoms with Crippen molar-refractivity contribution in [2.45, 2.75) is 117 Å². The molecule has 2 aromatic heterocycles. The molecular weight excluding hydrogens is 387 g/mol. The van der Waals surface area contributed by atoms with Crippen LogP contribution in [0.4, 0.5) is 0 Å². The summed E-state index contributed by atoms with van der Waals surface area (Å²) in [6.45, 7) is 14.0. The van der Waals surface area contributed by atoms with Gasteiger partial charge < -0.3 is 0 Å². The van der Waals surface area contributed by atoms with Gasteiger partial charge in [-0.3, -0.25) is 0 Å². The SMILES string of the molecule is [B]c1sc(C(C)(C)c2cc(CCCCCC)c(C(C)C)s2)cc1CCCCCC. The highest BCUT2D eigenvalue weighted by Crippen LogP contribution is 2.42. The Balaban J connectivity index is 2.19. The fourth-order valence-electron chi connectivity index (χ4n) is 3.99. The van der Waals surface area contributed by atoms with Crippen LogP contribution in [0, 0.1) is 0 Å². The predicted octanol–water partition coefficient (Wildman–Crippen LogP) is 8.30. The molecule has 29 heavy (non-hydrogen) atoms. The van der Waals surface area contributed by atoms with E-state index in [9.17, 15) is 0 Å². The Hall–Kier alpha value is -0.535. The van der Waals surface area contributed by atoms with E-state index < -0.39 is 0 Å². The minimum absolute atomic E-state index is 0.0381. The molecule has 0 aromatic carbocycles. The van der Waals surface area contributed by atoms with E-state index in [1.54, 1.807) is 10.4 Å². The number of hydrogen-bond acceptors (Lipinski definition) is 2. The summed E-state index contributed by atoms with van der Waals surface area (Å²) >= 11 is 3.85. The normalized spacial score (nSPS) is 12.2. The molecular formula is C26H41BS2. The van der Waals surface area contributed by atoms with Crippen molar-refractivity contribution >= 4 is 35.3 Å². The molecule has 160 valence electrons. The molecule has 0 amide bonds. The van der Waals surface area contributed by atoms with Gasteiger partial charge in [-0.15, -0.1) is 11.3 Å². The molecule has 0 nitrogen and oxygen atoms in total. The van der Waals surface area contributed by atoms with Gasteiger partial charge in [0, 0.05) is 20.0 Å². The third kappa shape index (κ3) is 6.72. The summed E-state index contributed by atoms with van der Waals surface area (Å²) in [5, 5.41) is 0. The Kier molecular flexibility index (Phi) is 10.0. The molecule has 0 saturated carbocycles. The van der Waals surface area contributed by atoms with Crippen LogP contribution in [0.5, 0.6) is 0 Å². The molecule has 0 aliphatic carbocycles. The van der Waals surface area contributed by atoms with Gasteiger partial charge in [0.05, 0.1) is 0 Å². The minimum Gasteiger partial charge on any atom is -0.156 e. The average Bonchev–Trinajstić information content (AvgIpc) is 3.27. The number of hydrogen-bond donors (Lipinski definition) is 0. The highest BCUT2D eigenvalue weighted by molar-refractivity contribution is 7.20. The van der Waals surface area contributed by atoms with Crippen LogP contribution in [-0.4, -0.2) is 7.85 Å². The van der Waals surface area contributed by atoms with Crippen LogP contribution in [0.3, 0.4) is 0 Å². The summed E-state index contributed by atoms with van der Waals surface area (Å²) in [7, 11) is 6.43. The molecule has 2 radical (unpaired) electrons. The summed E-state index contributed by atoms with van der Waals surface area (Å²) in [5.74, 6) is 0.605. The van der Waals surface area contributed by atoms with E-state index in [0.29, 0.717) is 5.92 Å². The molecule has 0 N–H and O–H groups in total. The second-order valence-corrected chi connectivity index (χ2v) is 11.6. The maximum absolute atomic E-state index is 6.43. The van der Waals surface area contributed by atoms with Gasteiger partial charge in [0.2, 0.25) is 0 Å².